The zero-order valence-electron chi connectivity index (χ0n) is 9.26. The SMILES string of the molecule is CCCC1C2CCC(CC2)C1CC. The van der Waals surface area contributed by atoms with E-state index in [0.29, 0.717) is 0 Å². The molecule has 3 fully saturated rings. The third kappa shape index (κ3) is 1.65. The van der Waals surface area contributed by atoms with Crippen molar-refractivity contribution in [2.45, 2.75) is 58.8 Å². The average Bonchev–Trinajstić information content (AvgIpc) is 2.20. The first kappa shape index (κ1) is 9.55. The number of hydrogen-bond donors (Lipinski definition) is 0. The summed E-state index contributed by atoms with van der Waals surface area (Å²) in [4.78, 5) is 0. The van der Waals surface area contributed by atoms with Crippen molar-refractivity contribution in [3.63, 3.8) is 0 Å². The molecule has 0 amide bonds. The van der Waals surface area contributed by atoms with E-state index >= 15 is 0 Å². The van der Waals surface area contributed by atoms with Gasteiger partial charge in [-0.2, -0.15) is 0 Å². The van der Waals surface area contributed by atoms with Gasteiger partial charge in [0.1, 0.15) is 0 Å². The van der Waals surface area contributed by atoms with Gasteiger partial charge in [-0.25, -0.2) is 0 Å². The molecule has 3 aliphatic rings. The van der Waals surface area contributed by atoms with Gasteiger partial charge in [-0.1, -0.05) is 33.1 Å². The topological polar surface area (TPSA) is 0 Å². The summed E-state index contributed by atoms with van der Waals surface area (Å²) in [7, 11) is 0. The van der Waals surface area contributed by atoms with Crippen molar-refractivity contribution in [3.05, 3.63) is 0 Å². The van der Waals surface area contributed by atoms with Gasteiger partial charge < -0.3 is 0 Å². The van der Waals surface area contributed by atoms with Gasteiger partial charge in [0.15, 0.2) is 0 Å². The largest absolute Gasteiger partial charge is 0.0654 e. The maximum atomic E-state index is 2.41. The fourth-order valence-electron chi connectivity index (χ4n) is 4.12. The van der Waals surface area contributed by atoms with E-state index in [-0.39, 0.29) is 0 Å². The molecule has 13 heavy (non-hydrogen) atoms. The Hall–Kier alpha value is 0. The number of rotatable bonds is 3. The first-order valence-corrected chi connectivity index (χ1v) is 6.36. The molecule has 0 aromatic heterocycles. The van der Waals surface area contributed by atoms with Crippen LogP contribution in [0.4, 0.5) is 0 Å². The molecule has 0 nitrogen and oxygen atoms in total. The summed E-state index contributed by atoms with van der Waals surface area (Å²) in [6, 6.07) is 0. The quantitative estimate of drug-likeness (QED) is 0.609. The van der Waals surface area contributed by atoms with Gasteiger partial charge in [-0.05, 0) is 49.4 Å². The fraction of sp³-hybridized carbons (Fsp3) is 1.00. The van der Waals surface area contributed by atoms with E-state index in [1.165, 1.54) is 19.3 Å². The third-order valence-electron chi connectivity index (χ3n) is 4.67. The smallest absolute Gasteiger partial charge is 0.0355 e. The summed E-state index contributed by atoms with van der Waals surface area (Å²) in [5.74, 6) is 4.45. The van der Waals surface area contributed by atoms with Crippen molar-refractivity contribution < 1.29 is 0 Å². The van der Waals surface area contributed by atoms with Crippen molar-refractivity contribution in [1.29, 1.82) is 0 Å². The molecule has 0 spiro atoms. The summed E-state index contributed by atoms with van der Waals surface area (Å²) >= 11 is 0. The maximum absolute atomic E-state index is 2.41. The van der Waals surface area contributed by atoms with E-state index in [9.17, 15) is 0 Å². The highest BCUT2D eigenvalue weighted by Gasteiger charge is 2.41. The van der Waals surface area contributed by atoms with E-state index in [0.717, 1.165) is 23.7 Å². The van der Waals surface area contributed by atoms with Crippen molar-refractivity contribution in [3.8, 4) is 0 Å². The van der Waals surface area contributed by atoms with Gasteiger partial charge in [0, 0.05) is 0 Å². The molecule has 0 heteroatoms. The Kier molecular flexibility index (Phi) is 2.96. The highest BCUT2D eigenvalue weighted by Crippen LogP contribution is 2.51. The molecular formula is C13H24. The molecule has 3 aliphatic carbocycles. The molecule has 0 aromatic rings. The molecule has 2 atom stereocenters. The molecule has 2 bridgehead atoms. The van der Waals surface area contributed by atoms with Crippen LogP contribution < -0.4 is 0 Å². The molecule has 0 N–H and O–H groups in total. The molecular weight excluding hydrogens is 156 g/mol. The van der Waals surface area contributed by atoms with E-state index < -0.39 is 0 Å². The lowest BCUT2D eigenvalue weighted by Gasteiger charge is -2.49. The highest BCUT2D eigenvalue weighted by atomic mass is 14.5. The lowest BCUT2D eigenvalue weighted by Crippen LogP contribution is -2.39. The minimum Gasteiger partial charge on any atom is -0.0654 e. The summed E-state index contributed by atoms with van der Waals surface area (Å²) in [5.41, 5.74) is 0. The van der Waals surface area contributed by atoms with Crippen LogP contribution >= 0.6 is 0 Å². The zero-order valence-corrected chi connectivity index (χ0v) is 9.26. The Bertz CT molecular complexity index is 153. The minimum atomic E-state index is 1.10. The van der Waals surface area contributed by atoms with Gasteiger partial charge in [0.2, 0.25) is 0 Å². The molecule has 0 saturated heterocycles. The second-order valence-corrected chi connectivity index (χ2v) is 5.20. The van der Waals surface area contributed by atoms with Crippen LogP contribution in [0.25, 0.3) is 0 Å². The van der Waals surface area contributed by atoms with Crippen LogP contribution in [0.2, 0.25) is 0 Å². The zero-order chi connectivity index (χ0) is 9.26. The number of fused-ring (bicyclic) bond motifs is 3. The lowest BCUT2D eigenvalue weighted by molar-refractivity contribution is 0.0158. The Labute approximate surface area is 83.1 Å². The fourth-order valence-corrected chi connectivity index (χ4v) is 4.12. The van der Waals surface area contributed by atoms with E-state index in [1.807, 2.05) is 0 Å². The predicted octanol–water partition coefficient (Wildman–Crippen LogP) is 4.25. The van der Waals surface area contributed by atoms with Gasteiger partial charge >= 0.3 is 0 Å². The Balaban J connectivity index is 2.05. The molecule has 0 aromatic carbocycles. The normalized spacial score (nSPS) is 43.8. The Morgan fingerprint density at radius 1 is 0.846 bits per heavy atom. The monoisotopic (exact) mass is 180 g/mol. The molecule has 76 valence electrons. The van der Waals surface area contributed by atoms with Gasteiger partial charge in [-0.15, -0.1) is 0 Å². The van der Waals surface area contributed by atoms with Crippen LogP contribution in [0, 0.1) is 23.7 Å². The van der Waals surface area contributed by atoms with Crippen molar-refractivity contribution in [2.75, 3.05) is 0 Å². The van der Waals surface area contributed by atoms with Crippen LogP contribution in [-0.2, 0) is 0 Å². The maximum Gasteiger partial charge on any atom is -0.0355 e. The number of hydrogen-bond acceptors (Lipinski definition) is 0. The summed E-state index contributed by atoms with van der Waals surface area (Å²) in [6.07, 6.45) is 10.6. The summed E-state index contributed by atoms with van der Waals surface area (Å²) < 4.78 is 0. The average molecular weight is 180 g/mol. The predicted molar refractivity (Wildman–Crippen MR) is 57.6 cm³/mol. The second kappa shape index (κ2) is 4.02. The van der Waals surface area contributed by atoms with Crippen LogP contribution in [0.15, 0.2) is 0 Å². The van der Waals surface area contributed by atoms with Crippen molar-refractivity contribution >= 4 is 0 Å². The van der Waals surface area contributed by atoms with Gasteiger partial charge in [0.25, 0.3) is 0 Å². The Morgan fingerprint density at radius 2 is 1.38 bits per heavy atom. The molecule has 0 heterocycles. The van der Waals surface area contributed by atoms with Gasteiger partial charge in [0.05, 0.1) is 0 Å². The van der Waals surface area contributed by atoms with Crippen LogP contribution in [0.3, 0.4) is 0 Å². The van der Waals surface area contributed by atoms with Crippen LogP contribution in [0.1, 0.15) is 58.8 Å². The second-order valence-electron chi connectivity index (χ2n) is 5.20. The first-order valence-electron chi connectivity index (χ1n) is 6.36. The lowest BCUT2D eigenvalue weighted by atomic mass is 9.57. The minimum absolute atomic E-state index is 1.10. The molecule has 0 radical (unpaired) electrons. The molecule has 3 rings (SSSR count). The molecule has 0 aliphatic heterocycles. The van der Waals surface area contributed by atoms with Gasteiger partial charge in [-0.3, -0.25) is 0 Å². The highest BCUT2D eigenvalue weighted by molar-refractivity contribution is 4.91. The van der Waals surface area contributed by atoms with E-state index in [4.69, 9.17) is 0 Å². The van der Waals surface area contributed by atoms with E-state index in [2.05, 4.69) is 13.8 Å². The van der Waals surface area contributed by atoms with Crippen LogP contribution in [0.5, 0.6) is 0 Å². The third-order valence-corrected chi connectivity index (χ3v) is 4.67. The summed E-state index contributed by atoms with van der Waals surface area (Å²) in [6.45, 7) is 4.77. The van der Waals surface area contributed by atoms with Crippen molar-refractivity contribution in [2.24, 2.45) is 23.7 Å². The molecule has 2 unspecified atom stereocenters. The van der Waals surface area contributed by atoms with Crippen LogP contribution in [-0.4, -0.2) is 0 Å². The molecule has 3 saturated carbocycles. The summed E-state index contributed by atoms with van der Waals surface area (Å²) in [5, 5.41) is 0. The van der Waals surface area contributed by atoms with E-state index in [1.54, 1.807) is 25.7 Å². The van der Waals surface area contributed by atoms with Crippen molar-refractivity contribution in [1.82, 2.24) is 0 Å². The first-order chi connectivity index (χ1) is 6.36. The standard InChI is InChI=1S/C13H24/c1-3-5-13-11-8-6-10(7-9-11)12(13)4-2/h10-13H,3-9H2,1-2H3. The Morgan fingerprint density at radius 3 is 1.85 bits per heavy atom.